The van der Waals surface area contributed by atoms with Gasteiger partial charge in [-0.3, -0.25) is 0 Å². The molecule has 4 rings (SSSR count). The smallest absolute Gasteiger partial charge is 0.201 e. The van der Waals surface area contributed by atoms with E-state index in [4.69, 9.17) is 9.47 Å². The fraction of sp³-hybridized carbons (Fsp3) is 0.355. The van der Waals surface area contributed by atoms with Crippen molar-refractivity contribution in [3.05, 3.63) is 90.0 Å². The summed E-state index contributed by atoms with van der Waals surface area (Å²) in [5.41, 5.74) is 4.30. The van der Waals surface area contributed by atoms with Crippen LogP contribution < -0.4 is 4.74 Å². The fourth-order valence-electron chi connectivity index (χ4n) is 4.61. The van der Waals surface area contributed by atoms with E-state index >= 15 is 0 Å². The van der Waals surface area contributed by atoms with Crippen LogP contribution in [-0.2, 0) is 4.74 Å². The first kappa shape index (κ1) is 25.1. The lowest BCUT2D eigenvalue weighted by Gasteiger charge is -2.29. The summed E-state index contributed by atoms with van der Waals surface area (Å²) in [4.78, 5) is 0. The Kier molecular flexibility index (Phi) is 8.70. The van der Waals surface area contributed by atoms with Gasteiger partial charge in [-0.1, -0.05) is 67.6 Å². The first-order valence-corrected chi connectivity index (χ1v) is 12.6. The van der Waals surface area contributed by atoms with E-state index in [0.29, 0.717) is 24.2 Å². The highest BCUT2D eigenvalue weighted by Gasteiger charge is 2.22. The first-order chi connectivity index (χ1) is 17.1. The molecule has 0 amide bonds. The number of allylic oxidation sites excluding steroid dienone is 2. The van der Waals surface area contributed by atoms with Gasteiger partial charge in [0, 0.05) is 11.5 Å². The number of rotatable bonds is 9. The topological polar surface area (TPSA) is 18.5 Å². The Bertz CT molecular complexity index is 1110. The Labute approximate surface area is 207 Å². The molecule has 0 radical (unpaired) electrons. The summed E-state index contributed by atoms with van der Waals surface area (Å²) < 4.78 is 40.4. The third-order valence-corrected chi connectivity index (χ3v) is 6.68. The van der Waals surface area contributed by atoms with E-state index in [0.717, 1.165) is 49.8 Å². The average molecular weight is 477 g/mol. The van der Waals surface area contributed by atoms with Gasteiger partial charge in [-0.25, -0.2) is 4.39 Å². The molecule has 4 heteroatoms. The molecule has 1 aliphatic heterocycles. The number of halogens is 2. The minimum atomic E-state index is -0.938. The molecule has 0 aromatic heterocycles. The van der Waals surface area contributed by atoms with Crippen LogP contribution in [0.5, 0.6) is 5.75 Å². The van der Waals surface area contributed by atoms with Crippen LogP contribution in [0.25, 0.3) is 22.3 Å². The molecular formula is C31H34F2O2. The number of benzene rings is 3. The van der Waals surface area contributed by atoms with E-state index in [1.807, 2.05) is 31.2 Å². The predicted octanol–water partition coefficient (Wildman–Crippen LogP) is 8.71. The van der Waals surface area contributed by atoms with Crippen molar-refractivity contribution in [2.45, 2.75) is 58.0 Å². The molecule has 3 aromatic rings. The van der Waals surface area contributed by atoms with Gasteiger partial charge in [0.15, 0.2) is 11.6 Å². The van der Waals surface area contributed by atoms with Crippen molar-refractivity contribution in [1.82, 2.24) is 0 Å². The van der Waals surface area contributed by atoms with E-state index in [1.165, 1.54) is 11.6 Å². The zero-order chi connectivity index (χ0) is 24.6. The maximum absolute atomic E-state index is 14.7. The zero-order valence-corrected chi connectivity index (χ0v) is 20.6. The summed E-state index contributed by atoms with van der Waals surface area (Å²) in [6.07, 6.45) is 9.84. The van der Waals surface area contributed by atoms with Gasteiger partial charge >= 0.3 is 0 Å². The largest absolute Gasteiger partial charge is 0.490 e. The van der Waals surface area contributed by atoms with Crippen LogP contribution >= 0.6 is 0 Å². The third-order valence-electron chi connectivity index (χ3n) is 6.68. The molecule has 2 atom stereocenters. The van der Waals surface area contributed by atoms with Gasteiger partial charge in [0.2, 0.25) is 5.82 Å². The van der Waals surface area contributed by atoms with Crippen molar-refractivity contribution in [3.63, 3.8) is 0 Å². The van der Waals surface area contributed by atoms with Crippen molar-refractivity contribution in [3.8, 4) is 28.0 Å². The minimum absolute atomic E-state index is 0.0441. The molecule has 2 nitrogen and oxygen atoms in total. The Morgan fingerprint density at radius 2 is 1.57 bits per heavy atom. The van der Waals surface area contributed by atoms with Gasteiger partial charge < -0.3 is 9.47 Å². The lowest BCUT2D eigenvalue weighted by molar-refractivity contribution is -0.000184. The van der Waals surface area contributed by atoms with E-state index in [1.54, 1.807) is 6.07 Å². The highest BCUT2D eigenvalue weighted by molar-refractivity contribution is 5.71. The zero-order valence-electron chi connectivity index (χ0n) is 20.6. The Balaban J connectivity index is 1.40. The van der Waals surface area contributed by atoms with Crippen LogP contribution in [0, 0.1) is 11.6 Å². The molecule has 184 valence electrons. The monoisotopic (exact) mass is 476 g/mol. The normalized spacial score (nSPS) is 18.2. The Morgan fingerprint density at radius 3 is 2.20 bits per heavy atom. The van der Waals surface area contributed by atoms with Gasteiger partial charge in [0.25, 0.3) is 0 Å². The molecule has 0 N–H and O–H groups in total. The van der Waals surface area contributed by atoms with Crippen LogP contribution in [0.3, 0.4) is 0 Å². The molecule has 0 bridgehead atoms. The van der Waals surface area contributed by atoms with Crippen LogP contribution in [0.15, 0.2) is 72.8 Å². The minimum Gasteiger partial charge on any atom is -0.490 e. The number of ether oxygens (including phenoxy) is 2. The van der Waals surface area contributed by atoms with Crippen LogP contribution in [0.1, 0.15) is 57.4 Å². The van der Waals surface area contributed by atoms with E-state index < -0.39 is 11.6 Å². The molecule has 35 heavy (non-hydrogen) atoms. The second kappa shape index (κ2) is 12.1. The summed E-state index contributed by atoms with van der Waals surface area (Å²) in [7, 11) is 0. The van der Waals surface area contributed by atoms with Crippen LogP contribution in [0.4, 0.5) is 8.78 Å². The summed E-state index contributed by atoms with van der Waals surface area (Å²) >= 11 is 0. The second-order valence-electron chi connectivity index (χ2n) is 9.16. The highest BCUT2D eigenvalue weighted by atomic mass is 19.2. The molecule has 1 saturated heterocycles. The lowest BCUT2D eigenvalue weighted by Crippen LogP contribution is -2.24. The summed E-state index contributed by atoms with van der Waals surface area (Å²) in [5.74, 6) is -1.43. The van der Waals surface area contributed by atoms with E-state index in [2.05, 4.69) is 43.3 Å². The van der Waals surface area contributed by atoms with Crippen LogP contribution in [-0.4, -0.2) is 19.3 Å². The van der Waals surface area contributed by atoms with Gasteiger partial charge in [0.1, 0.15) is 0 Å². The summed E-state index contributed by atoms with van der Waals surface area (Å²) in [6.45, 7) is 5.11. The molecule has 1 fully saturated rings. The lowest BCUT2D eigenvalue weighted by atomic mass is 9.89. The maximum atomic E-state index is 14.7. The maximum Gasteiger partial charge on any atom is 0.201 e. The molecule has 1 aliphatic rings. The Hall–Kier alpha value is -2.98. The molecule has 3 aromatic carbocycles. The highest BCUT2D eigenvalue weighted by Crippen LogP contribution is 2.33. The van der Waals surface area contributed by atoms with Crippen molar-refractivity contribution < 1.29 is 18.3 Å². The number of hydrogen-bond acceptors (Lipinski definition) is 2. The molecule has 0 saturated carbocycles. The third kappa shape index (κ3) is 6.18. The van der Waals surface area contributed by atoms with Gasteiger partial charge in [-0.2, -0.15) is 4.39 Å². The molecule has 0 spiro atoms. The summed E-state index contributed by atoms with van der Waals surface area (Å²) in [5, 5.41) is 0. The fourth-order valence-corrected chi connectivity index (χ4v) is 4.61. The molecule has 0 aliphatic carbocycles. The summed E-state index contributed by atoms with van der Waals surface area (Å²) in [6, 6.07) is 19.2. The standard InChI is InChI=1S/C31H34F2O2/c1-3-5-6-7-27-17-16-26(21-35-27)24-10-8-22(9-11-24)23-12-14-25(15-13-23)28-18-19-29(34-20-4-2)31(33)30(28)32/h3,5,8-15,18-19,26-27H,4,6-7,16-17,20-21H2,1-2H3/b5-3+. The van der Waals surface area contributed by atoms with E-state index in [9.17, 15) is 8.78 Å². The molecule has 2 unspecified atom stereocenters. The first-order valence-electron chi connectivity index (χ1n) is 12.6. The Morgan fingerprint density at radius 1 is 0.886 bits per heavy atom. The second-order valence-corrected chi connectivity index (χ2v) is 9.16. The van der Waals surface area contributed by atoms with Gasteiger partial charge in [-0.15, -0.1) is 0 Å². The predicted molar refractivity (Wildman–Crippen MR) is 139 cm³/mol. The van der Waals surface area contributed by atoms with Gasteiger partial charge in [0.05, 0.1) is 19.3 Å². The van der Waals surface area contributed by atoms with Gasteiger partial charge in [-0.05, 0) is 73.4 Å². The SMILES string of the molecule is C/C=C/CCC1CCC(c2ccc(-c3ccc(-c4ccc(OCCC)c(F)c4F)cc3)cc2)CO1. The quantitative estimate of drug-likeness (QED) is 0.288. The van der Waals surface area contributed by atoms with Crippen molar-refractivity contribution in [2.75, 3.05) is 13.2 Å². The number of hydrogen-bond donors (Lipinski definition) is 0. The van der Waals surface area contributed by atoms with Crippen LogP contribution in [0.2, 0.25) is 0 Å². The molecule has 1 heterocycles. The average Bonchev–Trinajstić information content (AvgIpc) is 2.90. The molecular weight excluding hydrogens is 442 g/mol. The van der Waals surface area contributed by atoms with E-state index in [-0.39, 0.29) is 11.3 Å². The van der Waals surface area contributed by atoms with Crippen molar-refractivity contribution >= 4 is 0 Å². The van der Waals surface area contributed by atoms with Crippen molar-refractivity contribution in [1.29, 1.82) is 0 Å². The van der Waals surface area contributed by atoms with Crippen molar-refractivity contribution in [2.24, 2.45) is 0 Å².